The van der Waals surface area contributed by atoms with Crippen LogP contribution in [0.4, 0.5) is 0 Å². The smallest absolute Gasteiger partial charge is 0.338 e. The van der Waals surface area contributed by atoms with E-state index in [1.54, 1.807) is 24.3 Å². The van der Waals surface area contributed by atoms with Gasteiger partial charge in [-0.05, 0) is 36.1 Å². The Morgan fingerprint density at radius 1 is 0.429 bits per heavy atom. The third kappa shape index (κ3) is 22.3. The molecule has 13 nitrogen and oxygen atoms in total. The van der Waals surface area contributed by atoms with Gasteiger partial charge in [0.25, 0.3) is 0 Å². The summed E-state index contributed by atoms with van der Waals surface area (Å²) in [5.41, 5.74) is 1.59. The van der Waals surface area contributed by atoms with Crippen LogP contribution in [0.3, 0.4) is 0 Å². The molecule has 13 heteroatoms. The van der Waals surface area contributed by atoms with Crippen molar-refractivity contribution in [1.82, 2.24) is 0 Å². The number of carbonyl (C=O) groups excluding carboxylic acids is 6. The maximum Gasteiger partial charge on any atom is 0.338 e. The van der Waals surface area contributed by atoms with E-state index in [9.17, 15) is 28.8 Å². The normalized spacial score (nSPS) is 10.9. The summed E-state index contributed by atoms with van der Waals surface area (Å²) in [5.74, 6) is -3.99. The molecule has 0 radical (unpaired) electrons. The molecule has 2 aromatic carbocycles. The average Bonchev–Trinajstić information content (AvgIpc) is 3.09. The Bertz CT molecular complexity index is 1250. The first kappa shape index (κ1) is 40.2. The molecule has 0 aliphatic rings. The molecule has 0 saturated heterocycles. The highest BCUT2D eigenvalue weighted by Gasteiger charge is 2.11. The minimum absolute atomic E-state index is 0.000542. The summed E-state index contributed by atoms with van der Waals surface area (Å²) in [4.78, 5) is 70.5. The summed E-state index contributed by atoms with van der Waals surface area (Å²) >= 11 is 0. The number of hydrogen-bond donors (Lipinski definition) is 0. The summed E-state index contributed by atoms with van der Waals surface area (Å²) in [7, 11) is 0. The van der Waals surface area contributed by atoms with Crippen LogP contribution in [0.15, 0.2) is 72.8 Å². The maximum absolute atomic E-state index is 11.8. The number of benzene rings is 2. The number of carbonyl (C=O) groups is 6. The van der Waals surface area contributed by atoms with E-state index in [2.05, 4.69) is 9.47 Å². The van der Waals surface area contributed by atoms with Crippen molar-refractivity contribution in [3.63, 3.8) is 0 Å². The molecular formula is C36H42O13. The molecule has 0 unspecified atom stereocenters. The summed E-state index contributed by atoms with van der Waals surface area (Å²) in [5, 5.41) is 0. The van der Waals surface area contributed by atoms with Gasteiger partial charge in [-0.3, -0.25) is 19.2 Å². The molecule has 0 heterocycles. The molecule has 0 atom stereocenters. The lowest BCUT2D eigenvalue weighted by molar-refractivity contribution is -0.158. The Kier molecular flexibility index (Phi) is 21.4. The van der Waals surface area contributed by atoms with Crippen LogP contribution < -0.4 is 0 Å². The van der Waals surface area contributed by atoms with E-state index in [4.69, 9.17) is 23.7 Å². The van der Waals surface area contributed by atoms with Crippen LogP contribution >= 0.6 is 0 Å². The minimum atomic E-state index is -0.778. The summed E-state index contributed by atoms with van der Waals surface area (Å²) < 4.78 is 35.4. The van der Waals surface area contributed by atoms with Crippen LogP contribution in [0.1, 0.15) is 49.7 Å². The van der Waals surface area contributed by atoms with E-state index in [1.807, 2.05) is 36.4 Å². The quantitative estimate of drug-likeness (QED) is 0.0512. The first-order valence-corrected chi connectivity index (χ1v) is 15.8. The lowest BCUT2D eigenvalue weighted by Crippen LogP contribution is -2.15. The highest BCUT2D eigenvalue weighted by atomic mass is 16.6. The van der Waals surface area contributed by atoms with Crippen molar-refractivity contribution in [3.05, 3.63) is 83.9 Å². The van der Waals surface area contributed by atoms with E-state index in [0.717, 1.165) is 23.3 Å². The molecule has 0 bridgehead atoms. The van der Waals surface area contributed by atoms with E-state index >= 15 is 0 Å². The van der Waals surface area contributed by atoms with Crippen molar-refractivity contribution in [2.75, 3.05) is 52.9 Å². The van der Waals surface area contributed by atoms with Gasteiger partial charge in [-0.25, -0.2) is 9.59 Å². The molecule has 264 valence electrons. The first-order valence-electron chi connectivity index (χ1n) is 15.8. The summed E-state index contributed by atoms with van der Waals surface area (Å²) in [6.45, 7) is 1.59. The average molecular weight is 683 g/mol. The molecule has 0 N–H and O–H groups in total. The van der Waals surface area contributed by atoms with Crippen molar-refractivity contribution < 1.29 is 61.9 Å². The lowest BCUT2D eigenvalue weighted by Gasteiger charge is -2.08. The van der Waals surface area contributed by atoms with E-state index in [0.29, 0.717) is 13.2 Å². The number of rotatable bonds is 24. The minimum Gasteiger partial charge on any atom is -0.463 e. The maximum atomic E-state index is 11.8. The number of hydrogen-bond acceptors (Lipinski definition) is 13. The van der Waals surface area contributed by atoms with Gasteiger partial charge >= 0.3 is 35.8 Å². The highest BCUT2D eigenvalue weighted by Crippen LogP contribution is 2.05. The zero-order valence-electron chi connectivity index (χ0n) is 27.3. The predicted molar refractivity (Wildman–Crippen MR) is 175 cm³/mol. The fraction of sp³-hybridized carbons (Fsp3) is 0.389. The van der Waals surface area contributed by atoms with E-state index in [1.165, 1.54) is 12.2 Å². The molecule has 2 aromatic rings. The van der Waals surface area contributed by atoms with Crippen LogP contribution in [-0.2, 0) is 61.9 Å². The Morgan fingerprint density at radius 3 is 1.12 bits per heavy atom. The van der Waals surface area contributed by atoms with Gasteiger partial charge in [0, 0.05) is 37.8 Å². The molecular weight excluding hydrogens is 640 g/mol. The second kappa shape index (κ2) is 26.0. The number of esters is 6. The van der Waals surface area contributed by atoms with Gasteiger partial charge in [-0.1, -0.05) is 60.7 Å². The highest BCUT2D eigenvalue weighted by molar-refractivity contribution is 5.95. The molecule has 2 rings (SSSR count). The van der Waals surface area contributed by atoms with Crippen LogP contribution in [0, 0.1) is 0 Å². The third-order valence-electron chi connectivity index (χ3n) is 6.10. The van der Waals surface area contributed by atoms with Crippen molar-refractivity contribution >= 4 is 48.0 Å². The van der Waals surface area contributed by atoms with Crippen LogP contribution in [-0.4, -0.2) is 88.7 Å². The van der Waals surface area contributed by atoms with Crippen LogP contribution in [0.2, 0.25) is 0 Å². The van der Waals surface area contributed by atoms with Crippen LogP contribution in [0.5, 0.6) is 0 Å². The van der Waals surface area contributed by atoms with Crippen LogP contribution in [0.25, 0.3) is 12.2 Å². The molecule has 49 heavy (non-hydrogen) atoms. The fourth-order valence-electron chi connectivity index (χ4n) is 3.72. The zero-order valence-corrected chi connectivity index (χ0v) is 27.3. The molecule has 0 saturated carbocycles. The van der Waals surface area contributed by atoms with E-state index in [-0.39, 0.29) is 78.2 Å². The molecule has 0 amide bonds. The molecule has 0 aliphatic carbocycles. The van der Waals surface area contributed by atoms with Gasteiger partial charge in [0.15, 0.2) is 0 Å². The molecule has 0 aliphatic heterocycles. The summed E-state index contributed by atoms with van der Waals surface area (Å²) in [6.07, 6.45) is 5.58. The van der Waals surface area contributed by atoms with E-state index < -0.39 is 35.8 Å². The van der Waals surface area contributed by atoms with Gasteiger partial charge < -0.3 is 33.2 Å². The van der Waals surface area contributed by atoms with Gasteiger partial charge in [0.2, 0.25) is 0 Å². The second-order valence-electron chi connectivity index (χ2n) is 10.1. The molecule has 0 fully saturated rings. The van der Waals surface area contributed by atoms with Gasteiger partial charge in [-0.15, -0.1) is 0 Å². The predicted octanol–water partition coefficient (Wildman–Crippen LogP) is 4.03. The van der Waals surface area contributed by atoms with Crippen molar-refractivity contribution in [1.29, 1.82) is 0 Å². The number of ether oxygens (including phenoxy) is 7. The Morgan fingerprint density at radius 2 is 0.755 bits per heavy atom. The topological polar surface area (TPSA) is 167 Å². The Hall–Kier alpha value is -4.98. The van der Waals surface area contributed by atoms with Gasteiger partial charge in [-0.2, -0.15) is 0 Å². The zero-order chi connectivity index (χ0) is 35.4. The fourth-order valence-corrected chi connectivity index (χ4v) is 3.72. The van der Waals surface area contributed by atoms with Crippen molar-refractivity contribution in [2.24, 2.45) is 0 Å². The lowest BCUT2D eigenvalue weighted by atomic mass is 10.2. The monoisotopic (exact) mass is 682 g/mol. The SMILES string of the molecule is O=C(/C=C/c1ccccc1)OC(=O)CCCC(=O)OCCOCCOCCOCCOC(=O)CCCC(=O)OC(=O)/C=C/c1ccccc1. The molecule has 0 spiro atoms. The van der Waals surface area contributed by atoms with Gasteiger partial charge in [0.05, 0.1) is 39.6 Å². The Balaban J connectivity index is 1.32. The Labute approximate surface area is 285 Å². The standard InChI is InChI=1S/C36H42O13/c37-31(13-7-15-33(39)48-35(41)19-17-29-9-3-1-4-10-29)46-27-25-44-23-21-43-22-24-45-26-28-47-32(38)14-8-16-34(40)49-36(42)20-18-30-11-5-2-6-12-30/h1-6,9-12,17-20H,7-8,13-16,21-28H2/b19-17+,20-18+. The van der Waals surface area contributed by atoms with Crippen molar-refractivity contribution in [2.45, 2.75) is 38.5 Å². The van der Waals surface area contributed by atoms with Gasteiger partial charge in [0.1, 0.15) is 13.2 Å². The molecule has 0 aromatic heterocycles. The third-order valence-corrected chi connectivity index (χ3v) is 6.10. The largest absolute Gasteiger partial charge is 0.463 e. The second-order valence-corrected chi connectivity index (χ2v) is 10.1. The summed E-state index contributed by atoms with van der Waals surface area (Å²) in [6, 6.07) is 18.2. The van der Waals surface area contributed by atoms with Crippen molar-refractivity contribution in [3.8, 4) is 0 Å². The first-order chi connectivity index (χ1) is 23.8.